The zero-order chi connectivity index (χ0) is 14.4. The van der Waals surface area contributed by atoms with Crippen molar-refractivity contribution in [2.24, 2.45) is 0 Å². The minimum Gasteiger partial charge on any atom is -0.281 e. The summed E-state index contributed by atoms with van der Waals surface area (Å²) in [5.74, 6) is 0.00289. The van der Waals surface area contributed by atoms with E-state index in [1.165, 1.54) is 6.08 Å². The molecular formula is C12H9MnO4. The van der Waals surface area contributed by atoms with E-state index in [4.69, 9.17) is 14.4 Å². The van der Waals surface area contributed by atoms with Gasteiger partial charge < -0.3 is 0 Å². The van der Waals surface area contributed by atoms with Gasteiger partial charge in [0, 0.05) is 0 Å². The van der Waals surface area contributed by atoms with Gasteiger partial charge in [-0.05, 0) is 0 Å². The van der Waals surface area contributed by atoms with Gasteiger partial charge in [-0.1, -0.05) is 0 Å². The Morgan fingerprint density at radius 1 is 1.29 bits per heavy atom. The van der Waals surface area contributed by atoms with Crippen LogP contribution in [0, 0.1) is 0 Å². The summed E-state index contributed by atoms with van der Waals surface area (Å²) in [6, 6.07) is 0. The minimum absolute atomic E-state index is 0.00289. The van der Waals surface area contributed by atoms with E-state index in [9.17, 15) is 4.79 Å². The van der Waals surface area contributed by atoms with Gasteiger partial charge >= 0.3 is 74.3 Å². The van der Waals surface area contributed by atoms with Crippen molar-refractivity contribution in [3.05, 3.63) is 34.3 Å². The van der Waals surface area contributed by atoms with Crippen molar-refractivity contribution in [2.75, 3.05) is 0 Å². The van der Waals surface area contributed by atoms with E-state index in [0.29, 0.717) is 0 Å². The van der Waals surface area contributed by atoms with Crippen molar-refractivity contribution in [3.8, 4) is 0 Å². The summed E-state index contributed by atoms with van der Waals surface area (Å²) in [6.07, 6.45) is 4.21. The Hall–Kier alpha value is -1.58. The Kier molecular flexibility index (Phi) is 17.6. The van der Waals surface area contributed by atoms with Crippen LogP contribution in [0.5, 0.6) is 0 Å². The van der Waals surface area contributed by atoms with E-state index in [1.807, 2.05) is 13.0 Å². The Morgan fingerprint density at radius 2 is 1.71 bits per heavy atom. The minimum atomic E-state index is 0.00289. The van der Waals surface area contributed by atoms with Crippen molar-refractivity contribution in [2.45, 2.75) is 13.3 Å². The number of carbonyl (C=O) groups is 1. The SMILES string of the molecule is C=CC(=O)C1=[C]([Mn])CC=C1C.[C]=O.[C]=O.[C]=O. The topological polar surface area (TPSA) is 68.3 Å². The van der Waals surface area contributed by atoms with Crippen LogP contribution in [0.2, 0.25) is 0 Å². The first-order valence-electron chi connectivity index (χ1n) is 4.00. The molecule has 0 spiro atoms. The first-order valence-corrected chi connectivity index (χ1v) is 4.59. The Labute approximate surface area is 109 Å². The fourth-order valence-electron chi connectivity index (χ4n) is 1.09. The number of ketones is 1. The number of allylic oxidation sites excluding steroid dienone is 5. The molecule has 0 saturated carbocycles. The molecule has 0 aromatic rings. The monoisotopic (exact) mass is 272 g/mol. The third-order valence-corrected chi connectivity index (χ3v) is 2.22. The maximum absolute atomic E-state index is 11.2. The molecular weight excluding hydrogens is 263 g/mol. The average molecular weight is 272 g/mol. The van der Waals surface area contributed by atoms with Crippen LogP contribution < -0.4 is 0 Å². The number of carbonyl (C=O) groups excluding carboxylic acids is 4. The molecule has 1 rings (SSSR count). The fourth-order valence-corrected chi connectivity index (χ4v) is 1.59. The third-order valence-electron chi connectivity index (χ3n) is 1.68. The second-order valence-corrected chi connectivity index (χ2v) is 3.15. The molecule has 0 heterocycles. The summed E-state index contributed by atoms with van der Waals surface area (Å²) in [7, 11) is 0. The maximum Gasteiger partial charge on any atom is 0.281 e. The van der Waals surface area contributed by atoms with Gasteiger partial charge in [0.25, 0.3) is 20.4 Å². The first-order chi connectivity index (χ1) is 8.16. The van der Waals surface area contributed by atoms with Gasteiger partial charge in [0.1, 0.15) is 0 Å². The molecule has 0 atom stereocenters. The molecule has 88 valence electrons. The van der Waals surface area contributed by atoms with Crippen LogP contribution >= 0.6 is 0 Å². The van der Waals surface area contributed by atoms with Gasteiger partial charge in [0.2, 0.25) is 0 Å². The molecule has 1 aliphatic carbocycles. The normalized spacial score (nSPS) is 11.5. The van der Waals surface area contributed by atoms with Gasteiger partial charge in [0.15, 0.2) is 0 Å². The van der Waals surface area contributed by atoms with Crippen molar-refractivity contribution in [1.29, 1.82) is 0 Å². The van der Waals surface area contributed by atoms with Crippen molar-refractivity contribution < 1.29 is 35.2 Å². The van der Waals surface area contributed by atoms with E-state index >= 15 is 0 Å². The van der Waals surface area contributed by atoms with Crippen LogP contribution in [0.4, 0.5) is 0 Å². The molecule has 0 fully saturated rings. The summed E-state index contributed by atoms with van der Waals surface area (Å²) in [5.41, 5.74) is 1.82. The average Bonchev–Trinajstić information content (AvgIpc) is 2.75. The predicted octanol–water partition coefficient (Wildman–Crippen LogP) is 0.701. The van der Waals surface area contributed by atoms with E-state index in [2.05, 4.69) is 43.0 Å². The van der Waals surface area contributed by atoms with Gasteiger partial charge in [-0.2, -0.15) is 0 Å². The molecule has 0 N–H and O–H groups in total. The standard InChI is InChI=1S/C9H9O.3CO.Mn/c1-3-9(10)8-6-4-5-7(8)2;3*1-2;/h3,5H,1,4H2,2H3;;;;. The van der Waals surface area contributed by atoms with Crippen molar-refractivity contribution >= 4 is 26.2 Å². The summed E-state index contributed by atoms with van der Waals surface area (Å²) in [6.45, 7) is 18.9. The van der Waals surface area contributed by atoms with Crippen molar-refractivity contribution in [3.63, 3.8) is 0 Å². The van der Waals surface area contributed by atoms with Gasteiger partial charge in [-0.15, -0.1) is 0 Å². The molecule has 6 radical (unpaired) electrons. The largest absolute Gasteiger partial charge is 0.281 e. The van der Waals surface area contributed by atoms with Crippen LogP contribution in [-0.4, -0.2) is 26.2 Å². The molecule has 0 unspecified atom stereocenters. The van der Waals surface area contributed by atoms with Crippen LogP contribution in [0.1, 0.15) is 13.3 Å². The molecule has 0 aromatic carbocycles. The molecule has 4 nitrogen and oxygen atoms in total. The number of hydrogen-bond acceptors (Lipinski definition) is 4. The number of hydrogen-bond donors (Lipinski definition) is 0. The fraction of sp³-hybridized carbons (Fsp3) is 0.167. The Balaban J connectivity index is -0.000000285. The van der Waals surface area contributed by atoms with Crippen LogP contribution in [-0.2, 0) is 35.2 Å². The van der Waals surface area contributed by atoms with Gasteiger partial charge in [0.05, 0.1) is 0 Å². The van der Waals surface area contributed by atoms with E-state index in [-0.39, 0.29) is 5.78 Å². The van der Waals surface area contributed by atoms with E-state index in [0.717, 1.165) is 22.0 Å². The smallest absolute Gasteiger partial charge is 0.281 e. The molecule has 0 bridgehead atoms. The summed E-state index contributed by atoms with van der Waals surface area (Å²) >= 11 is 3.35. The van der Waals surface area contributed by atoms with Crippen LogP contribution in [0.25, 0.3) is 0 Å². The molecule has 0 aliphatic heterocycles. The predicted molar refractivity (Wildman–Crippen MR) is 57.7 cm³/mol. The molecule has 0 saturated heterocycles. The third kappa shape index (κ3) is 7.33. The Morgan fingerprint density at radius 3 is 1.94 bits per heavy atom. The first kappa shape index (κ1) is 20.8. The van der Waals surface area contributed by atoms with E-state index < -0.39 is 0 Å². The zero-order valence-electron chi connectivity index (χ0n) is 9.08. The molecule has 0 aromatic heterocycles. The molecule has 5 heteroatoms. The summed E-state index contributed by atoms with van der Waals surface area (Å²) in [4.78, 5) is 33.7. The molecule has 1 aliphatic rings. The summed E-state index contributed by atoms with van der Waals surface area (Å²) < 4.78 is 0.972. The molecule has 0 amide bonds. The number of rotatable bonds is 2. The second kappa shape index (κ2) is 14.4. The van der Waals surface area contributed by atoms with Crippen molar-refractivity contribution in [1.82, 2.24) is 0 Å². The van der Waals surface area contributed by atoms with Crippen LogP contribution in [0.15, 0.2) is 34.3 Å². The Bertz CT molecular complexity index is 314. The second-order valence-electron chi connectivity index (χ2n) is 2.44. The van der Waals surface area contributed by atoms with E-state index in [1.54, 1.807) is 0 Å². The molecule has 17 heavy (non-hydrogen) atoms. The van der Waals surface area contributed by atoms with Crippen LogP contribution in [0.3, 0.4) is 0 Å². The van der Waals surface area contributed by atoms with Gasteiger partial charge in [-0.3, -0.25) is 14.4 Å². The van der Waals surface area contributed by atoms with Gasteiger partial charge in [-0.25, -0.2) is 0 Å². The quantitative estimate of drug-likeness (QED) is 0.548. The maximum atomic E-state index is 11.2. The zero-order valence-corrected chi connectivity index (χ0v) is 10.3. The summed E-state index contributed by atoms with van der Waals surface area (Å²) in [5, 5.41) is 0.